The van der Waals surface area contributed by atoms with Gasteiger partial charge in [-0.1, -0.05) is 17.7 Å². The van der Waals surface area contributed by atoms with Crippen LogP contribution in [0.2, 0.25) is 5.02 Å². The summed E-state index contributed by atoms with van der Waals surface area (Å²) < 4.78 is 0. The number of benzene rings is 2. The number of carbonyl (C=O) groups is 2. The van der Waals surface area contributed by atoms with E-state index < -0.39 is 0 Å². The van der Waals surface area contributed by atoms with Gasteiger partial charge in [0.1, 0.15) is 0 Å². The van der Waals surface area contributed by atoms with Gasteiger partial charge in [-0.2, -0.15) is 0 Å². The standard InChI is InChI=1S/C24H29ClN4O2/c25-20-6-3-5-19(17-20)24(31)29-14-4-11-27(15-16-29)18-23(30)26-21-7-9-22(10-8-21)28-12-1-2-13-28/h3,5-10,17H,1-2,4,11-16,18H2,(H,26,30). The van der Waals surface area contributed by atoms with E-state index in [9.17, 15) is 9.59 Å². The number of anilines is 2. The quantitative estimate of drug-likeness (QED) is 0.769. The third-order valence-corrected chi connectivity index (χ3v) is 6.17. The highest BCUT2D eigenvalue weighted by Crippen LogP contribution is 2.22. The fraction of sp³-hybridized carbons (Fsp3) is 0.417. The van der Waals surface area contributed by atoms with Gasteiger partial charge in [0, 0.05) is 61.2 Å². The molecule has 0 saturated carbocycles. The third-order valence-electron chi connectivity index (χ3n) is 5.94. The lowest BCUT2D eigenvalue weighted by atomic mass is 10.2. The van der Waals surface area contributed by atoms with E-state index in [4.69, 9.17) is 11.6 Å². The van der Waals surface area contributed by atoms with Crippen LogP contribution >= 0.6 is 11.6 Å². The lowest BCUT2D eigenvalue weighted by molar-refractivity contribution is -0.117. The van der Waals surface area contributed by atoms with Crippen LogP contribution < -0.4 is 10.2 Å². The molecule has 2 heterocycles. The molecule has 2 aromatic rings. The van der Waals surface area contributed by atoms with Crippen LogP contribution in [0.1, 0.15) is 29.6 Å². The van der Waals surface area contributed by atoms with Crippen molar-refractivity contribution in [1.29, 1.82) is 0 Å². The second-order valence-corrected chi connectivity index (χ2v) is 8.66. The number of halogens is 1. The summed E-state index contributed by atoms with van der Waals surface area (Å²) in [4.78, 5) is 31.6. The van der Waals surface area contributed by atoms with Crippen LogP contribution in [0.25, 0.3) is 0 Å². The first-order valence-electron chi connectivity index (χ1n) is 11.0. The van der Waals surface area contributed by atoms with Gasteiger partial charge in [0.15, 0.2) is 0 Å². The SMILES string of the molecule is O=C(CN1CCCN(C(=O)c2cccc(Cl)c2)CC1)Nc1ccc(N2CCCC2)cc1. The molecule has 6 nitrogen and oxygen atoms in total. The average Bonchev–Trinajstić information content (AvgIpc) is 3.21. The summed E-state index contributed by atoms with van der Waals surface area (Å²) in [6, 6.07) is 15.1. The van der Waals surface area contributed by atoms with Gasteiger partial charge in [-0.05, 0) is 61.7 Å². The molecular weight excluding hydrogens is 412 g/mol. The lowest BCUT2D eigenvalue weighted by Gasteiger charge is -2.22. The number of nitrogens with zero attached hydrogens (tertiary/aromatic N) is 3. The Balaban J connectivity index is 1.27. The fourth-order valence-electron chi connectivity index (χ4n) is 4.27. The van der Waals surface area contributed by atoms with E-state index in [-0.39, 0.29) is 11.8 Å². The van der Waals surface area contributed by atoms with Crippen molar-refractivity contribution in [2.24, 2.45) is 0 Å². The molecule has 0 atom stereocenters. The highest BCUT2D eigenvalue weighted by atomic mass is 35.5. The minimum Gasteiger partial charge on any atom is -0.372 e. The van der Waals surface area contributed by atoms with E-state index in [1.165, 1.54) is 18.5 Å². The molecule has 31 heavy (non-hydrogen) atoms. The topological polar surface area (TPSA) is 55.9 Å². The average molecular weight is 441 g/mol. The molecule has 2 fully saturated rings. The van der Waals surface area contributed by atoms with Gasteiger partial charge in [0.05, 0.1) is 6.54 Å². The molecule has 2 amide bonds. The maximum atomic E-state index is 12.8. The highest BCUT2D eigenvalue weighted by molar-refractivity contribution is 6.30. The monoisotopic (exact) mass is 440 g/mol. The second kappa shape index (κ2) is 10.2. The minimum absolute atomic E-state index is 0.00751. The first kappa shape index (κ1) is 21.7. The molecule has 0 aliphatic carbocycles. The van der Waals surface area contributed by atoms with E-state index in [0.717, 1.165) is 31.7 Å². The van der Waals surface area contributed by atoms with Crippen LogP contribution in [0, 0.1) is 0 Å². The molecular formula is C24H29ClN4O2. The van der Waals surface area contributed by atoms with E-state index in [1.807, 2.05) is 17.0 Å². The molecule has 0 aromatic heterocycles. The molecule has 7 heteroatoms. The summed E-state index contributed by atoms with van der Waals surface area (Å²) in [6.07, 6.45) is 3.33. The number of amides is 2. The van der Waals surface area contributed by atoms with Crippen molar-refractivity contribution in [2.75, 3.05) is 56.0 Å². The van der Waals surface area contributed by atoms with Gasteiger partial charge >= 0.3 is 0 Å². The molecule has 0 radical (unpaired) electrons. The molecule has 1 N–H and O–H groups in total. The van der Waals surface area contributed by atoms with E-state index in [0.29, 0.717) is 36.8 Å². The van der Waals surface area contributed by atoms with E-state index in [1.54, 1.807) is 24.3 Å². The van der Waals surface area contributed by atoms with Gasteiger partial charge in [-0.15, -0.1) is 0 Å². The van der Waals surface area contributed by atoms with Crippen molar-refractivity contribution < 1.29 is 9.59 Å². The van der Waals surface area contributed by atoms with Crippen molar-refractivity contribution in [3.05, 3.63) is 59.1 Å². The first-order chi connectivity index (χ1) is 15.1. The zero-order valence-electron chi connectivity index (χ0n) is 17.7. The van der Waals surface area contributed by atoms with Crippen molar-refractivity contribution >= 4 is 34.8 Å². The minimum atomic E-state index is -0.0245. The Bertz CT molecular complexity index is 912. The summed E-state index contributed by atoms with van der Waals surface area (Å²) in [5, 5.41) is 3.56. The highest BCUT2D eigenvalue weighted by Gasteiger charge is 2.21. The number of nitrogens with one attached hydrogen (secondary N) is 1. The molecule has 164 valence electrons. The summed E-state index contributed by atoms with van der Waals surface area (Å²) in [5.41, 5.74) is 2.64. The summed E-state index contributed by atoms with van der Waals surface area (Å²) in [7, 11) is 0. The maximum Gasteiger partial charge on any atom is 0.253 e. The lowest BCUT2D eigenvalue weighted by Crippen LogP contribution is -2.38. The Hall–Kier alpha value is -2.57. The number of hydrogen-bond acceptors (Lipinski definition) is 4. The molecule has 2 aliphatic rings. The van der Waals surface area contributed by atoms with Crippen LogP contribution in [0.15, 0.2) is 48.5 Å². The summed E-state index contributed by atoms with van der Waals surface area (Å²) in [6.45, 7) is 5.29. The van der Waals surface area contributed by atoms with Crippen molar-refractivity contribution in [2.45, 2.75) is 19.3 Å². The van der Waals surface area contributed by atoms with Gasteiger partial charge < -0.3 is 15.1 Å². The maximum absolute atomic E-state index is 12.8. The van der Waals surface area contributed by atoms with Crippen molar-refractivity contribution in [3.8, 4) is 0 Å². The molecule has 2 aliphatic heterocycles. The van der Waals surface area contributed by atoms with Gasteiger partial charge in [-0.25, -0.2) is 0 Å². The summed E-state index contributed by atoms with van der Waals surface area (Å²) in [5.74, 6) is -0.0320. The molecule has 0 spiro atoms. The van der Waals surface area contributed by atoms with Gasteiger partial charge in [0.25, 0.3) is 5.91 Å². The zero-order chi connectivity index (χ0) is 21.6. The normalized spacial score (nSPS) is 17.5. The fourth-order valence-corrected chi connectivity index (χ4v) is 4.46. The Morgan fingerprint density at radius 3 is 2.39 bits per heavy atom. The Kier molecular flexibility index (Phi) is 7.10. The first-order valence-corrected chi connectivity index (χ1v) is 11.4. The van der Waals surface area contributed by atoms with Crippen LogP contribution in [0.5, 0.6) is 0 Å². The van der Waals surface area contributed by atoms with Gasteiger partial charge in [0.2, 0.25) is 5.91 Å². The number of rotatable bonds is 5. The predicted molar refractivity (Wildman–Crippen MR) is 125 cm³/mol. The van der Waals surface area contributed by atoms with Crippen LogP contribution in [-0.2, 0) is 4.79 Å². The molecule has 4 rings (SSSR count). The van der Waals surface area contributed by atoms with Crippen LogP contribution in [0.3, 0.4) is 0 Å². The third kappa shape index (κ3) is 5.77. The van der Waals surface area contributed by atoms with E-state index in [2.05, 4.69) is 27.2 Å². The van der Waals surface area contributed by atoms with Gasteiger partial charge in [-0.3, -0.25) is 14.5 Å². The van der Waals surface area contributed by atoms with E-state index >= 15 is 0 Å². The predicted octanol–water partition coefficient (Wildman–Crippen LogP) is 3.73. The largest absolute Gasteiger partial charge is 0.372 e. The molecule has 0 bridgehead atoms. The second-order valence-electron chi connectivity index (χ2n) is 8.22. The van der Waals surface area contributed by atoms with Crippen molar-refractivity contribution in [1.82, 2.24) is 9.80 Å². The van der Waals surface area contributed by atoms with Crippen molar-refractivity contribution in [3.63, 3.8) is 0 Å². The number of carbonyl (C=O) groups excluding carboxylic acids is 2. The Morgan fingerprint density at radius 1 is 0.871 bits per heavy atom. The molecule has 2 saturated heterocycles. The Labute approximate surface area is 188 Å². The zero-order valence-corrected chi connectivity index (χ0v) is 18.5. The Morgan fingerprint density at radius 2 is 1.65 bits per heavy atom. The van der Waals surface area contributed by atoms with Crippen LogP contribution in [0.4, 0.5) is 11.4 Å². The van der Waals surface area contributed by atoms with Crippen LogP contribution in [-0.4, -0.2) is 67.4 Å². The molecule has 0 unspecified atom stereocenters. The molecule has 2 aromatic carbocycles. The smallest absolute Gasteiger partial charge is 0.253 e. The number of hydrogen-bond donors (Lipinski definition) is 1. The summed E-state index contributed by atoms with van der Waals surface area (Å²) >= 11 is 6.02.